The summed E-state index contributed by atoms with van der Waals surface area (Å²) in [5.41, 5.74) is 1.40. The van der Waals surface area contributed by atoms with Crippen molar-refractivity contribution in [1.82, 2.24) is 0 Å². The fraction of sp³-hybridized carbons (Fsp3) is 0.231. The Morgan fingerprint density at radius 1 is 1.26 bits per heavy atom. The summed E-state index contributed by atoms with van der Waals surface area (Å²) in [5.74, 6) is 3.14. The molecule has 1 aromatic carbocycles. The van der Waals surface area contributed by atoms with Crippen molar-refractivity contribution in [2.75, 3.05) is 7.11 Å². The second-order valence-electron chi connectivity index (χ2n) is 4.02. The summed E-state index contributed by atoms with van der Waals surface area (Å²) in [5, 5.41) is 18.4. The summed E-state index contributed by atoms with van der Waals surface area (Å²) >= 11 is 1.68. The van der Waals surface area contributed by atoms with Crippen molar-refractivity contribution in [3.63, 3.8) is 0 Å². The summed E-state index contributed by atoms with van der Waals surface area (Å²) in [6.07, 6.45) is 1.65. The second-order valence-corrected chi connectivity index (χ2v) is 5.00. The van der Waals surface area contributed by atoms with Crippen LogP contribution in [0.2, 0.25) is 0 Å². The van der Waals surface area contributed by atoms with Gasteiger partial charge in [-0.25, -0.2) is 0 Å². The van der Waals surface area contributed by atoms with E-state index in [1.807, 2.05) is 12.1 Å². The molecule has 0 spiro atoms. The van der Waals surface area contributed by atoms with Gasteiger partial charge in [-0.3, -0.25) is 0 Å². The van der Waals surface area contributed by atoms with Gasteiger partial charge < -0.3 is 19.2 Å². The van der Waals surface area contributed by atoms with Gasteiger partial charge in [0.2, 0.25) is 0 Å². The molecule has 2 aromatic rings. The molecule has 1 heterocycles. The minimum Gasteiger partial charge on any atom is -0.496 e. The van der Waals surface area contributed by atoms with E-state index in [4.69, 9.17) is 9.15 Å². The van der Waals surface area contributed by atoms with Crippen molar-refractivity contribution in [2.24, 2.45) is 0 Å². The van der Waals surface area contributed by atoms with E-state index in [2.05, 4.69) is 0 Å². The van der Waals surface area contributed by atoms with Gasteiger partial charge in [-0.15, -0.1) is 11.8 Å². The molecule has 0 atom stereocenters. The van der Waals surface area contributed by atoms with Crippen LogP contribution in [0.25, 0.3) is 0 Å². The third-order valence-corrected chi connectivity index (χ3v) is 3.69. The first-order chi connectivity index (χ1) is 9.20. The van der Waals surface area contributed by atoms with Crippen molar-refractivity contribution in [1.29, 1.82) is 0 Å². The van der Waals surface area contributed by atoms with Gasteiger partial charge in [0.05, 0.1) is 19.1 Å². The molecule has 4 nitrogen and oxygen atoms in total. The van der Waals surface area contributed by atoms with E-state index in [9.17, 15) is 10.0 Å². The van der Waals surface area contributed by atoms with Crippen LogP contribution in [-0.4, -0.2) is 24.3 Å². The van der Waals surface area contributed by atoms with Crippen molar-refractivity contribution >= 4 is 24.3 Å². The van der Waals surface area contributed by atoms with E-state index in [0.29, 0.717) is 11.2 Å². The Bertz CT molecular complexity index is 513. The summed E-state index contributed by atoms with van der Waals surface area (Å²) in [6, 6.07) is 8.93. The average Bonchev–Trinajstić information content (AvgIpc) is 2.91. The van der Waals surface area contributed by atoms with E-state index in [0.717, 1.165) is 22.8 Å². The number of furan rings is 1. The molecule has 19 heavy (non-hydrogen) atoms. The predicted molar refractivity (Wildman–Crippen MR) is 76.5 cm³/mol. The Labute approximate surface area is 116 Å². The molecule has 0 saturated heterocycles. The molecule has 2 N–H and O–H groups in total. The lowest BCUT2D eigenvalue weighted by atomic mass is 9.79. The lowest BCUT2D eigenvalue weighted by molar-refractivity contribution is 0.410. The first-order valence-electron chi connectivity index (χ1n) is 5.84. The topological polar surface area (TPSA) is 62.8 Å². The highest BCUT2D eigenvalue weighted by Gasteiger charge is 2.13. The van der Waals surface area contributed by atoms with Gasteiger partial charge in [-0.2, -0.15) is 0 Å². The average molecular weight is 278 g/mol. The normalized spacial score (nSPS) is 10.5. The maximum absolute atomic E-state index is 9.18. The molecule has 0 radical (unpaired) electrons. The summed E-state index contributed by atoms with van der Waals surface area (Å²) in [6.45, 7) is 0. The van der Waals surface area contributed by atoms with Crippen molar-refractivity contribution < 1.29 is 19.2 Å². The lowest BCUT2D eigenvalue weighted by Gasteiger charge is -2.10. The zero-order valence-corrected chi connectivity index (χ0v) is 11.4. The SMILES string of the molecule is COc1ccc(B(O)O)cc1CSCc1ccco1. The Hall–Kier alpha value is -1.37. The minimum atomic E-state index is -1.46. The first kappa shape index (κ1) is 14.1. The van der Waals surface area contributed by atoms with Crippen LogP contribution in [0.15, 0.2) is 41.0 Å². The van der Waals surface area contributed by atoms with Crippen LogP contribution in [0.5, 0.6) is 5.75 Å². The number of thioether (sulfide) groups is 1. The molecule has 0 saturated carbocycles. The number of benzene rings is 1. The van der Waals surface area contributed by atoms with E-state index >= 15 is 0 Å². The van der Waals surface area contributed by atoms with Crippen LogP contribution in [0.1, 0.15) is 11.3 Å². The molecular formula is C13H15BO4S. The Morgan fingerprint density at radius 2 is 2.11 bits per heavy atom. The largest absolute Gasteiger partial charge is 0.496 e. The maximum Gasteiger partial charge on any atom is 0.488 e. The molecule has 2 rings (SSSR count). The summed E-state index contributed by atoms with van der Waals surface area (Å²) < 4.78 is 10.5. The van der Waals surface area contributed by atoms with Crippen LogP contribution in [0.4, 0.5) is 0 Å². The third-order valence-electron chi connectivity index (χ3n) is 2.68. The van der Waals surface area contributed by atoms with Crippen molar-refractivity contribution in [2.45, 2.75) is 11.5 Å². The van der Waals surface area contributed by atoms with Crippen LogP contribution in [-0.2, 0) is 11.5 Å². The molecule has 6 heteroatoms. The van der Waals surface area contributed by atoms with E-state index in [-0.39, 0.29) is 0 Å². The number of hydrogen-bond donors (Lipinski definition) is 2. The van der Waals surface area contributed by atoms with Gasteiger partial charge >= 0.3 is 7.12 Å². The van der Waals surface area contributed by atoms with Gasteiger partial charge in [0.25, 0.3) is 0 Å². The van der Waals surface area contributed by atoms with Crippen LogP contribution in [0, 0.1) is 0 Å². The molecular weight excluding hydrogens is 263 g/mol. The molecule has 1 aromatic heterocycles. The summed E-state index contributed by atoms with van der Waals surface area (Å²) in [4.78, 5) is 0. The molecule has 0 aliphatic heterocycles. The van der Waals surface area contributed by atoms with Crippen molar-refractivity contribution in [3.05, 3.63) is 47.9 Å². The van der Waals surface area contributed by atoms with Crippen LogP contribution in [0.3, 0.4) is 0 Å². The smallest absolute Gasteiger partial charge is 0.488 e. The van der Waals surface area contributed by atoms with Crippen molar-refractivity contribution in [3.8, 4) is 5.75 Å². The molecule has 0 aliphatic rings. The lowest BCUT2D eigenvalue weighted by Crippen LogP contribution is -2.30. The highest BCUT2D eigenvalue weighted by atomic mass is 32.2. The second kappa shape index (κ2) is 6.70. The van der Waals surface area contributed by atoms with Gasteiger partial charge in [-0.1, -0.05) is 12.1 Å². The predicted octanol–water partition coefficient (Wildman–Crippen LogP) is 1.40. The van der Waals surface area contributed by atoms with Crippen LogP contribution >= 0.6 is 11.8 Å². The van der Waals surface area contributed by atoms with E-state index in [1.165, 1.54) is 0 Å². The molecule has 0 unspecified atom stereocenters. The Morgan fingerprint density at radius 3 is 2.74 bits per heavy atom. The van der Waals surface area contributed by atoms with Gasteiger partial charge in [-0.05, 0) is 23.7 Å². The molecule has 0 amide bonds. The number of methoxy groups -OCH3 is 1. The Balaban J connectivity index is 2.02. The maximum atomic E-state index is 9.18. The molecule has 0 aliphatic carbocycles. The van der Waals surface area contributed by atoms with Crippen LogP contribution < -0.4 is 10.2 Å². The highest BCUT2D eigenvalue weighted by molar-refractivity contribution is 7.97. The third kappa shape index (κ3) is 3.80. The zero-order chi connectivity index (χ0) is 13.7. The number of ether oxygens (including phenoxy) is 1. The number of rotatable bonds is 6. The quantitative estimate of drug-likeness (QED) is 0.782. The monoisotopic (exact) mass is 278 g/mol. The Kier molecular flexibility index (Phi) is 4.96. The van der Waals surface area contributed by atoms with E-state index < -0.39 is 7.12 Å². The highest BCUT2D eigenvalue weighted by Crippen LogP contribution is 2.24. The first-order valence-corrected chi connectivity index (χ1v) is 6.99. The van der Waals surface area contributed by atoms with Gasteiger partial charge in [0, 0.05) is 11.3 Å². The molecule has 100 valence electrons. The van der Waals surface area contributed by atoms with E-state index in [1.54, 1.807) is 43.3 Å². The van der Waals surface area contributed by atoms with Gasteiger partial charge in [0.15, 0.2) is 0 Å². The molecule has 0 bridgehead atoms. The summed E-state index contributed by atoms with van der Waals surface area (Å²) in [7, 11) is 0.144. The minimum absolute atomic E-state index is 0.467. The van der Waals surface area contributed by atoms with Gasteiger partial charge in [0.1, 0.15) is 11.5 Å². The standard InChI is InChI=1S/C13H15BO4S/c1-17-13-5-4-11(14(15)16)7-10(13)8-19-9-12-3-2-6-18-12/h2-7,15-16H,8-9H2,1H3. The number of hydrogen-bond acceptors (Lipinski definition) is 5. The fourth-order valence-corrected chi connectivity index (χ4v) is 2.64. The fourth-order valence-electron chi connectivity index (χ4n) is 1.73. The molecule has 0 fully saturated rings. The zero-order valence-electron chi connectivity index (χ0n) is 10.6.